The summed E-state index contributed by atoms with van der Waals surface area (Å²) >= 11 is 0. The van der Waals surface area contributed by atoms with Crippen LogP contribution in [0.1, 0.15) is 52.2 Å². The van der Waals surface area contributed by atoms with E-state index in [4.69, 9.17) is 0 Å². The number of benzene rings is 1. The van der Waals surface area contributed by atoms with Crippen molar-refractivity contribution in [3.63, 3.8) is 0 Å². The third kappa shape index (κ3) is 2.78. The Labute approximate surface area is 147 Å². The van der Waals surface area contributed by atoms with Crippen molar-refractivity contribution >= 4 is 11.8 Å². The quantitative estimate of drug-likeness (QED) is 0.622. The number of imide groups is 1. The fourth-order valence-electron chi connectivity index (χ4n) is 3.96. The molecule has 0 radical (unpaired) electrons. The van der Waals surface area contributed by atoms with Crippen molar-refractivity contribution in [1.29, 1.82) is 0 Å². The molecule has 2 aliphatic heterocycles. The van der Waals surface area contributed by atoms with E-state index in [1.54, 1.807) is 24.3 Å². The number of carbonyl (C=O) groups excluding carboxylic acids is 2. The Morgan fingerprint density at radius 2 is 1.60 bits per heavy atom. The average Bonchev–Trinajstić information content (AvgIpc) is 3.20. The highest BCUT2D eigenvalue weighted by atomic mass is 16.2. The summed E-state index contributed by atoms with van der Waals surface area (Å²) in [6.07, 6.45) is 3.97. The number of nitrogens with zero attached hydrogens (tertiary/aromatic N) is 3. The molecule has 2 amide bonds. The van der Waals surface area contributed by atoms with E-state index in [1.807, 2.05) is 0 Å². The summed E-state index contributed by atoms with van der Waals surface area (Å²) in [7, 11) is 0. The van der Waals surface area contributed by atoms with Crippen LogP contribution in [0.15, 0.2) is 42.6 Å². The highest BCUT2D eigenvalue weighted by molar-refractivity contribution is 6.21. The molecule has 0 bridgehead atoms. The van der Waals surface area contributed by atoms with Gasteiger partial charge in [0.25, 0.3) is 11.8 Å². The average molecular weight is 337 g/mol. The number of carbonyl (C=O) groups is 2. The summed E-state index contributed by atoms with van der Waals surface area (Å²) in [4.78, 5) is 28.6. The lowest BCUT2D eigenvalue weighted by Gasteiger charge is -2.35. The van der Waals surface area contributed by atoms with Crippen molar-refractivity contribution in [1.82, 2.24) is 14.4 Å². The van der Waals surface area contributed by atoms with Gasteiger partial charge in [-0.05, 0) is 50.6 Å². The maximum Gasteiger partial charge on any atom is 0.261 e. The third-order valence-corrected chi connectivity index (χ3v) is 5.42. The van der Waals surface area contributed by atoms with Crippen LogP contribution < -0.4 is 0 Å². The molecule has 0 fully saturated rings. The lowest BCUT2D eigenvalue weighted by molar-refractivity contribution is 0.0648. The SMILES string of the molecule is CC1c2cccn2CCN1CCCCN1C(=O)c2ccccc2C1=O. The van der Waals surface area contributed by atoms with Crippen LogP contribution in [0.2, 0.25) is 0 Å². The number of hydrogen-bond acceptors (Lipinski definition) is 3. The van der Waals surface area contributed by atoms with Crippen LogP contribution >= 0.6 is 0 Å². The highest BCUT2D eigenvalue weighted by Gasteiger charge is 2.34. The van der Waals surface area contributed by atoms with E-state index in [1.165, 1.54) is 10.6 Å². The minimum Gasteiger partial charge on any atom is -0.349 e. The summed E-state index contributed by atoms with van der Waals surface area (Å²) in [6.45, 7) is 5.83. The number of aromatic nitrogens is 1. The molecule has 2 aliphatic rings. The number of fused-ring (bicyclic) bond motifs is 2. The molecule has 0 saturated carbocycles. The van der Waals surface area contributed by atoms with Gasteiger partial charge in [-0.15, -0.1) is 0 Å². The molecule has 0 saturated heterocycles. The second-order valence-electron chi connectivity index (χ2n) is 6.85. The number of hydrogen-bond donors (Lipinski definition) is 0. The van der Waals surface area contributed by atoms with Crippen LogP contribution in [0.3, 0.4) is 0 Å². The molecule has 1 unspecified atom stereocenters. The summed E-state index contributed by atoms with van der Waals surface area (Å²) in [5.41, 5.74) is 2.45. The van der Waals surface area contributed by atoms with Crippen LogP contribution in [-0.4, -0.2) is 45.8 Å². The molecule has 130 valence electrons. The molecule has 0 N–H and O–H groups in total. The first-order valence-corrected chi connectivity index (χ1v) is 9.01. The van der Waals surface area contributed by atoms with Crippen LogP contribution in [0.4, 0.5) is 0 Å². The molecule has 0 spiro atoms. The van der Waals surface area contributed by atoms with Crippen molar-refractivity contribution in [2.75, 3.05) is 19.6 Å². The smallest absolute Gasteiger partial charge is 0.261 e. The molecule has 3 heterocycles. The molecule has 2 aromatic rings. The van der Waals surface area contributed by atoms with Gasteiger partial charge in [-0.1, -0.05) is 12.1 Å². The first kappa shape index (κ1) is 16.1. The predicted molar refractivity (Wildman–Crippen MR) is 95.5 cm³/mol. The molecule has 5 heteroatoms. The molecule has 1 aromatic heterocycles. The van der Waals surface area contributed by atoms with E-state index < -0.39 is 0 Å². The Hall–Kier alpha value is -2.40. The van der Waals surface area contributed by atoms with E-state index in [9.17, 15) is 9.59 Å². The lowest BCUT2D eigenvalue weighted by Crippen LogP contribution is -2.37. The molecule has 25 heavy (non-hydrogen) atoms. The zero-order valence-electron chi connectivity index (χ0n) is 14.5. The first-order chi connectivity index (χ1) is 12.2. The van der Waals surface area contributed by atoms with Gasteiger partial charge in [0.1, 0.15) is 0 Å². The van der Waals surface area contributed by atoms with Gasteiger partial charge in [-0.3, -0.25) is 19.4 Å². The molecule has 4 rings (SSSR count). The van der Waals surface area contributed by atoms with Crippen LogP contribution in [-0.2, 0) is 6.54 Å². The van der Waals surface area contributed by atoms with Gasteiger partial charge in [-0.2, -0.15) is 0 Å². The highest BCUT2D eigenvalue weighted by Crippen LogP contribution is 2.26. The fraction of sp³-hybridized carbons (Fsp3) is 0.400. The van der Waals surface area contributed by atoms with Gasteiger partial charge in [0.2, 0.25) is 0 Å². The predicted octanol–water partition coefficient (Wildman–Crippen LogP) is 2.94. The van der Waals surface area contributed by atoms with Crippen molar-refractivity contribution in [2.24, 2.45) is 0 Å². The van der Waals surface area contributed by atoms with E-state index >= 15 is 0 Å². The number of rotatable bonds is 5. The summed E-state index contributed by atoms with van der Waals surface area (Å²) in [5.74, 6) is -0.297. The van der Waals surface area contributed by atoms with Crippen LogP contribution in [0.25, 0.3) is 0 Å². The molecular formula is C20H23N3O2. The largest absolute Gasteiger partial charge is 0.349 e. The molecule has 5 nitrogen and oxygen atoms in total. The lowest BCUT2D eigenvalue weighted by atomic mass is 10.1. The Morgan fingerprint density at radius 1 is 0.920 bits per heavy atom. The fourth-order valence-corrected chi connectivity index (χ4v) is 3.96. The normalized spacial score (nSPS) is 20.0. The van der Waals surface area contributed by atoms with Gasteiger partial charge in [0.15, 0.2) is 0 Å². The maximum atomic E-state index is 12.4. The molecule has 0 aliphatic carbocycles. The van der Waals surface area contributed by atoms with Crippen molar-refractivity contribution in [2.45, 2.75) is 32.4 Å². The maximum absolute atomic E-state index is 12.4. The Kier molecular flexibility index (Phi) is 4.17. The Balaban J connectivity index is 1.30. The monoisotopic (exact) mass is 337 g/mol. The summed E-state index contributed by atoms with van der Waals surface area (Å²) in [5, 5.41) is 0. The Bertz CT molecular complexity index is 776. The number of unbranched alkanes of at least 4 members (excludes halogenated alkanes) is 1. The van der Waals surface area contributed by atoms with E-state index in [0.29, 0.717) is 23.7 Å². The van der Waals surface area contributed by atoms with Crippen molar-refractivity contribution < 1.29 is 9.59 Å². The van der Waals surface area contributed by atoms with Gasteiger partial charge in [0, 0.05) is 37.6 Å². The minimum absolute atomic E-state index is 0.148. The Morgan fingerprint density at radius 3 is 2.32 bits per heavy atom. The third-order valence-electron chi connectivity index (χ3n) is 5.42. The van der Waals surface area contributed by atoms with Gasteiger partial charge in [-0.25, -0.2) is 0 Å². The minimum atomic E-state index is -0.148. The van der Waals surface area contributed by atoms with Crippen molar-refractivity contribution in [3.8, 4) is 0 Å². The van der Waals surface area contributed by atoms with Gasteiger partial charge in [0.05, 0.1) is 11.1 Å². The number of amides is 2. The van der Waals surface area contributed by atoms with Gasteiger partial charge < -0.3 is 4.57 Å². The second kappa shape index (κ2) is 6.48. The second-order valence-corrected chi connectivity index (χ2v) is 6.85. The first-order valence-electron chi connectivity index (χ1n) is 9.01. The summed E-state index contributed by atoms with van der Waals surface area (Å²) < 4.78 is 2.32. The standard InChI is InChI=1S/C20H23N3O2/c1-15-18-9-6-11-22(18)14-13-21(15)10-4-5-12-23-19(24)16-7-2-3-8-17(16)20(23)25/h2-3,6-9,11,15H,4-5,10,12-14H2,1H3. The summed E-state index contributed by atoms with van der Waals surface area (Å²) in [6, 6.07) is 11.8. The van der Waals surface area contributed by atoms with E-state index in [-0.39, 0.29) is 11.8 Å². The van der Waals surface area contributed by atoms with E-state index in [2.05, 4.69) is 34.7 Å². The zero-order valence-corrected chi connectivity index (χ0v) is 14.5. The molecule has 1 atom stereocenters. The van der Waals surface area contributed by atoms with Gasteiger partial charge >= 0.3 is 0 Å². The molecule has 1 aromatic carbocycles. The van der Waals surface area contributed by atoms with Crippen LogP contribution in [0.5, 0.6) is 0 Å². The van der Waals surface area contributed by atoms with E-state index in [0.717, 1.165) is 32.5 Å². The zero-order chi connectivity index (χ0) is 17.4. The topological polar surface area (TPSA) is 45.5 Å². The van der Waals surface area contributed by atoms with Crippen LogP contribution in [0, 0.1) is 0 Å². The molecular weight excluding hydrogens is 314 g/mol. The van der Waals surface area contributed by atoms with Crippen molar-refractivity contribution in [3.05, 3.63) is 59.4 Å².